The van der Waals surface area contributed by atoms with E-state index in [9.17, 15) is 14.9 Å². The molecule has 0 aliphatic heterocycles. The quantitative estimate of drug-likeness (QED) is 0.632. The van der Waals surface area contributed by atoms with E-state index in [0.29, 0.717) is 18.5 Å². The topological polar surface area (TPSA) is 105 Å². The van der Waals surface area contributed by atoms with Crippen LogP contribution in [0.15, 0.2) is 12.3 Å². The Morgan fingerprint density at radius 2 is 2.35 bits per heavy atom. The zero-order valence-corrected chi connectivity index (χ0v) is 11.2. The van der Waals surface area contributed by atoms with E-state index in [1.54, 1.807) is 13.0 Å². The third kappa shape index (κ3) is 2.87. The number of nitro groups is 1. The molecule has 0 bridgehead atoms. The Bertz CT molecular complexity index is 532. The molecule has 20 heavy (non-hydrogen) atoms. The van der Waals surface area contributed by atoms with Gasteiger partial charge >= 0.3 is 11.7 Å². The molecule has 7 nitrogen and oxygen atoms in total. The Morgan fingerprint density at radius 1 is 1.60 bits per heavy atom. The number of nitrogens with one attached hydrogen (secondary N) is 1. The molecule has 1 aliphatic rings. The molecular weight excluding hydrogens is 262 g/mol. The largest absolute Gasteiger partial charge is 0.481 e. The van der Waals surface area contributed by atoms with Crippen molar-refractivity contribution in [2.45, 2.75) is 26.2 Å². The van der Waals surface area contributed by atoms with Crippen molar-refractivity contribution < 1.29 is 14.8 Å². The van der Waals surface area contributed by atoms with Crippen LogP contribution in [0.25, 0.3) is 0 Å². The molecule has 1 aromatic heterocycles. The van der Waals surface area contributed by atoms with Gasteiger partial charge in [0, 0.05) is 18.3 Å². The molecule has 1 aliphatic carbocycles. The molecule has 1 saturated carbocycles. The molecule has 1 fully saturated rings. The molecular formula is C13H17N3O4. The summed E-state index contributed by atoms with van der Waals surface area (Å²) in [6.07, 6.45) is 3.88. The molecule has 0 saturated heterocycles. The van der Waals surface area contributed by atoms with Gasteiger partial charge in [0.1, 0.15) is 0 Å². The molecule has 0 amide bonds. The van der Waals surface area contributed by atoms with Crippen molar-refractivity contribution in [2.75, 3.05) is 11.9 Å². The molecule has 0 spiro atoms. The third-order valence-corrected chi connectivity index (χ3v) is 3.82. The number of aliphatic carboxylic acids is 1. The van der Waals surface area contributed by atoms with Crippen LogP contribution >= 0.6 is 0 Å². The molecule has 0 aromatic carbocycles. The van der Waals surface area contributed by atoms with Crippen LogP contribution in [0.2, 0.25) is 0 Å². The number of rotatable bonds is 5. The Balaban J connectivity index is 2.10. The highest BCUT2D eigenvalue weighted by molar-refractivity contribution is 5.71. The second kappa shape index (κ2) is 5.85. The second-order valence-electron chi connectivity index (χ2n) is 5.10. The maximum Gasteiger partial charge on any atom is 0.314 e. The standard InChI is InChI=1S/C13H17N3O4/c1-8-5-6-14-12(11(8)16(19)20)15-7-9-3-2-4-10(9)13(17)18/h5-6,9-10H,2-4,7H2,1H3,(H,14,15)(H,17,18). The fraction of sp³-hybridized carbons (Fsp3) is 0.538. The van der Waals surface area contributed by atoms with Gasteiger partial charge in [-0.05, 0) is 31.7 Å². The highest BCUT2D eigenvalue weighted by Crippen LogP contribution is 2.33. The van der Waals surface area contributed by atoms with E-state index in [1.807, 2.05) is 0 Å². The van der Waals surface area contributed by atoms with E-state index in [2.05, 4.69) is 10.3 Å². The van der Waals surface area contributed by atoms with Crippen LogP contribution in [0.5, 0.6) is 0 Å². The van der Waals surface area contributed by atoms with Crippen LogP contribution in [0.1, 0.15) is 24.8 Å². The van der Waals surface area contributed by atoms with Crippen LogP contribution < -0.4 is 5.32 Å². The van der Waals surface area contributed by atoms with Gasteiger partial charge in [0.05, 0.1) is 10.8 Å². The van der Waals surface area contributed by atoms with Gasteiger partial charge in [-0.2, -0.15) is 0 Å². The summed E-state index contributed by atoms with van der Waals surface area (Å²) in [5, 5.41) is 23.1. The van der Waals surface area contributed by atoms with E-state index >= 15 is 0 Å². The molecule has 7 heteroatoms. The number of aromatic nitrogens is 1. The number of anilines is 1. The van der Waals surface area contributed by atoms with Crippen molar-refractivity contribution in [2.24, 2.45) is 11.8 Å². The van der Waals surface area contributed by atoms with Gasteiger partial charge in [0.25, 0.3) is 0 Å². The second-order valence-corrected chi connectivity index (χ2v) is 5.10. The fourth-order valence-electron chi connectivity index (χ4n) is 2.74. The number of nitrogens with zero attached hydrogens (tertiary/aromatic N) is 2. The number of hydrogen-bond acceptors (Lipinski definition) is 5. The summed E-state index contributed by atoms with van der Waals surface area (Å²) in [5.74, 6) is -0.951. The minimum Gasteiger partial charge on any atom is -0.481 e. The molecule has 108 valence electrons. The van der Waals surface area contributed by atoms with Crippen LogP contribution in [0.4, 0.5) is 11.5 Å². The molecule has 1 aromatic rings. The van der Waals surface area contributed by atoms with Gasteiger partial charge in [0.2, 0.25) is 5.82 Å². The van der Waals surface area contributed by atoms with Gasteiger partial charge in [0.15, 0.2) is 0 Å². The van der Waals surface area contributed by atoms with E-state index in [4.69, 9.17) is 5.11 Å². The zero-order chi connectivity index (χ0) is 14.7. The van der Waals surface area contributed by atoms with E-state index < -0.39 is 10.9 Å². The van der Waals surface area contributed by atoms with Crippen LogP contribution in [0, 0.1) is 28.9 Å². The number of carboxylic acids is 1. The summed E-state index contributed by atoms with van der Waals surface area (Å²) in [6.45, 7) is 2.05. The summed E-state index contributed by atoms with van der Waals surface area (Å²) in [4.78, 5) is 25.7. The lowest BCUT2D eigenvalue weighted by molar-refractivity contribution is -0.384. The van der Waals surface area contributed by atoms with Gasteiger partial charge in [-0.15, -0.1) is 0 Å². The fourth-order valence-corrected chi connectivity index (χ4v) is 2.74. The first-order valence-corrected chi connectivity index (χ1v) is 6.57. The first-order chi connectivity index (χ1) is 9.50. The average molecular weight is 279 g/mol. The summed E-state index contributed by atoms with van der Waals surface area (Å²) < 4.78 is 0. The molecule has 1 heterocycles. The lowest BCUT2D eigenvalue weighted by Crippen LogP contribution is -2.25. The van der Waals surface area contributed by atoms with Crippen molar-refractivity contribution >= 4 is 17.5 Å². The van der Waals surface area contributed by atoms with Crippen molar-refractivity contribution in [1.29, 1.82) is 0 Å². The first-order valence-electron chi connectivity index (χ1n) is 6.57. The van der Waals surface area contributed by atoms with Gasteiger partial charge in [-0.1, -0.05) is 6.42 Å². The molecule has 2 unspecified atom stereocenters. The van der Waals surface area contributed by atoms with E-state index in [1.165, 1.54) is 6.20 Å². The normalized spacial score (nSPS) is 21.6. The van der Waals surface area contributed by atoms with E-state index in [-0.39, 0.29) is 23.3 Å². The SMILES string of the molecule is Cc1ccnc(NCC2CCCC2C(=O)O)c1[N+](=O)[O-]. The molecule has 2 N–H and O–H groups in total. The Hall–Kier alpha value is -2.18. The smallest absolute Gasteiger partial charge is 0.314 e. The van der Waals surface area contributed by atoms with Crippen molar-refractivity contribution in [3.05, 3.63) is 27.9 Å². The number of carboxylic acid groups (broad SMARTS) is 1. The summed E-state index contributed by atoms with van der Waals surface area (Å²) in [7, 11) is 0. The average Bonchev–Trinajstić information content (AvgIpc) is 2.84. The Kier molecular flexibility index (Phi) is 4.16. The summed E-state index contributed by atoms with van der Waals surface area (Å²) >= 11 is 0. The lowest BCUT2D eigenvalue weighted by atomic mass is 9.96. The number of aryl methyl sites for hydroxylation is 1. The Labute approximate surface area is 116 Å². The van der Waals surface area contributed by atoms with E-state index in [0.717, 1.165) is 12.8 Å². The van der Waals surface area contributed by atoms with Gasteiger partial charge in [-0.3, -0.25) is 14.9 Å². The van der Waals surface area contributed by atoms with Crippen LogP contribution in [-0.2, 0) is 4.79 Å². The maximum absolute atomic E-state index is 11.1. The van der Waals surface area contributed by atoms with Crippen molar-refractivity contribution in [1.82, 2.24) is 4.98 Å². The number of pyridine rings is 1. The summed E-state index contributed by atoms with van der Waals surface area (Å²) in [6, 6.07) is 1.58. The third-order valence-electron chi connectivity index (χ3n) is 3.82. The van der Waals surface area contributed by atoms with Gasteiger partial charge in [-0.25, -0.2) is 4.98 Å². The Morgan fingerprint density at radius 3 is 3.00 bits per heavy atom. The lowest BCUT2D eigenvalue weighted by Gasteiger charge is -2.16. The minimum atomic E-state index is -0.791. The maximum atomic E-state index is 11.1. The predicted molar refractivity (Wildman–Crippen MR) is 72.6 cm³/mol. The molecule has 2 rings (SSSR count). The minimum absolute atomic E-state index is 0.00517. The number of hydrogen-bond donors (Lipinski definition) is 2. The predicted octanol–water partition coefficient (Wildman–Crippen LogP) is 2.21. The van der Waals surface area contributed by atoms with Crippen molar-refractivity contribution in [3.63, 3.8) is 0 Å². The highest BCUT2D eigenvalue weighted by atomic mass is 16.6. The highest BCUT2D eigenvalue weighted by Gasteiger charge is 2.33. The van der Waals surface area contributed by atoms with Crippen LogP contribution in [0.3, 0.4) is 0 Å². The summed E-state index contributed by atoms with van der Waals surface area (Å²) in [5.41, 5.74) is 0.492. The monoisotopic (exact) mass is 279 g/mol. The zero-order valence-electron chi connectivity index (χ0n) is 11.2. The molecule has 2 atom stereocenters. The van der Waals surface area contributed by atoms with Crippen LogP contribution in [-0.4, -0.2) is 27.5 Å². The van der Waals surface area contributed by atoms with Gasteiger partial charge < -0.3 is 10.4 Å². The van der Waals surface area contributed by atoms with Crippen molar-refractivity contribution in [3.8, 4) is 0 Å². The first kappa shape index (κ1) is 14.2. The molecule has 0 radical (unpaired) electrons. The number of carbonyl (C=O) groups is 1.